The monoisotopic (exact) mass is 239 g/mol. The molecule has 2 rings (SSSR count). The van der Waals surface area contributed by atoms with Gasteiger partial charge in [0, 0.05) is 18.8 Å². The van der Waals surface area contributed by atoms with Crippen LogP contribution in [0.3, 0.4) is 0 Å². The molecule has 2 atom stereocenters. The van der Waals surface area contributed by atoms with Crippen molar-refractivity contribution >= 4 is 17.3 Å². The molecule has 16 heavy (non-hydrogen) atoms. The Morgan fingerprint density at radius 3 is 3.00 bits per heavy atom. The molecule has 1 aliphatic rings. The Kier molecular flexibility index (Phi) is 3.72. The molecule has 1 aliphatic heterocycles. The van der Waals surface area contributed by atoms with Gasteiger partial charge in [0.15, 0.2) is 0 Å². The Hall–Kier alpha value is -0.730. The molecule has 1 heterocycles. The van der Waals surface area contributed by atoms with Gasteiger partial charge in [0.1, 0.15) is 0 Å². The van der Waals surface area contributed by atoms with Crippen molar-refractivity contribution in [3.8, 4) is 0 Å². The van der Waals surface area contributed by atoms with E-state index in [0.717, 1.165) is 13.0 Å². The van der Waals surface area contributed by atoms with E-state index in [1.165, 1.54) is 11.3 Å². The van der Waals surface area contributed by atoms with E-state index in [9.17, 15) is 5.11 Å². The van der Waals surface area contributed by atoms with Gasteiger partial charge in [-0.2, -0.15) is 0 Å². The zero-order chi connectivity index (χ0) is 11.5. The topological polar surface area (TPSA) is 23.5 Å². The maximum Gasteiger partial charge on any atom is 0.0850 e. The number of aliphatic hydroxyl groups is 1. The molecule has 88 valence electrons. The highest BCUT2D eigenvalue weighted by atomic mass is 35.5. The number of aliphatic hydroxyl groups excluding tert-OH is 1. The van der Waals surface area contributed by atoms with E-state index in [0.29, 0.717) is 18.3 Å². The van der Waals surface area contributed by atoms with Crippen molar-refractivity contribution < 1.29 is 5.11 Å². The molecule has 1 aromatic carbocycles. The van der Waals surface area contributed by atoms with Crippen molar-refractivity contribution in [2.24, 2.45) is 5.92 Å². The molecule has 0 fully saturated rings. The smallest absolute Gasteiger partial charge is 0.0850 e. The normalized spacial score (nSPS) is 21.7. The second-order valence-corrected chi connectivity index (χ2v) is 4.96. The van der Waals surface area contributed by atoms with E-state index < -0.39 is 6.10 Å². The van der Waals surface area contributed by atoms with Gasteiger partial charge < -0.3 is 10.0 Å². The van der Waals surface area contributed by atoms with Gasteiger partial charge >= 0.3 is 0 Å². The van der Waals surface area contributed by atoms with Crippen molar-refractivity contribution in [2.45, 2.75) is 19.4 Å². The van der Waals surface area contributed by atoms with Crippen molar-refractivity contribution in [3.05, 3.63) is 29.8 Å². The molecule has 0 radical (unpaired) electrons. The fourth-order valence-corrected chi connectivity index (χ4v) is 2.48. The molecule has 1 aromatic rings. The maximum absolute atomic E-state index is 9.65. The number of β-amino-alcohol motifs (C(OH)–C–C–N with tert-alkyl or cyclic N) is 1. The number of fused-ring (bicyclic) bond motifs is 1. The molecule has 3 heteroatoms. The van der Waals surface area contributed by atoms with Crippen LogP contribution in [0.5, 0.6) is 0 Å². The summed E-state index contributed by atoms with van der Waals surface area (Å²) in [6.45, 7) is 3.88. The van der Waals surface area contributed by atoms with E-state index in [2.05, 4.69) is 36.1 Å². The molecule has 0 aromatic heterocycles. The number of alkyl halides is 1. The van der Waals surface area contributed by atoms with Crippen molar-refractivity contribution in [1.82, 2.24) is 0 Å². The average Bonchev–Trinajstić information content (AvgIpc) is 2.28. The van der Waals surface area contributed by atoms with Crippen LogP contribution in [0.25, 0.3) is 0 Å². The van der Waals surface area contributed by atoms with Crippen LogP contribution in [0.15, 0.2) is 24.3 Å². The Balaban J connectivity index is 2.20. The molecular weight excluding hydrogens is 222 g/mol. The van der Waals surface area contributed by atoms with Crippen LogP contribution < -0.4 is 4.90 Å². The highest BCUT2D eigenvalue weighted by Gasteiger charge is 2.22. The Bertz CT molecular complexity index is 356. The standard InChI is InChI=1S/C13H18ClNO/c1-10-6-11-4-2-3-5-13(11)15(8-10)9-12(16)7-14/h2-5,10,12,16H,6-9H2,1H3. The van der Waals surface area contributed by atoms with Gasteiger partial charge in [-0.3, -0.25) is 0 Å². The zero-order valence-electron chi connectivity index (χ0n) is 9.56. The lowest BCUT2D eigenvalue weighted by atomic mass is 9.94. The Labute approximate surface area is 102 Å². The minimum atomic E-state index is -0.444. The first-order valence-corrected chi connectivity index (χ1v) is 6.31. The second kappa shape index (κ2) is 5.07. The van der Waals surface area contributed by atoms with Crippen LogP contribution in [0.1, 0.15) is 12.5 Å². The van der Waals surface area contributed by atoms with Crippen molar-refractivity contribution in [2.75, 3.05) is 23.9 Å². The summed E-state index contributed by atoms with van der Waals surface area (Å²) < 4.78 is 0. The van der Waals surface area contributed by atoms with Crippen LogP contribution >= 0.6 is 11.6 Å². The van der Waals surface area contributed by atoms with Crippen LogP contribution in [0.2, 0.25) is 0 Å². The molecule has 0 bridgehead atoms. The third-order valence-electron chi connectivity index (χ3n) is 3.04. The number of anilines is 1. The molecule has 1 N–H and O–H groups in total. The summed E-state index contributed by atoms with van der Waals surface area (Å²) in [5.41, 5.74) is 2.63. The summed E-state index contributed by atoms with van der Waals surface area (Å²) in [5.74, 6) is 0.935. The molecule has 0 saturated heterocycles. The lowest BCUT2D eigenvalue weighted by Crippen LogP contribution is -2.40. The summed E-state index contributed by atoms with van der Waals surface area (Å²) in [6.07, 6.45) is 0.684. The van der Waals surface area contributed by atoms with Crippen molar-refractivity contribution in [1.29, 1.82) is 0 Å². The fraction of sp³-hybridized carbons (Fsp3) is 0.538. The van der Waals surface area contributed by atoms with Gasteiger partial charge in [-0.1, -0.05) is 25.1 Å². The summed E-state index contributed by atoms with van der Waals surface area (Å²) >= 11 is 5.66. The average molecular weight is 240 g/mol. The number of nitrogens with zero attached hydrogens (tertiary/aromatic N) is 1. The minimum Gasteiger partial charge on any atom is -0.390 e. The van der Waals surface area contributed by atoms with Crippen LogP contribution in [0, 0.1) is 5.92 Å². The molecule has 0 aliphatic carbocycles. The van der Waals surface area contributed by atoms with Crippen LogP contribution in [0.4, 0.5) is 5.69 Å². The SMILES string of the molecule is CC1Cc2ccccc2N(CC(O)CCl)C1. The number of rotatable bonds is 3. The van der Waals surface area contributed by atoms with Gasteiger partial charge in [-0.25, -0.2) is 0 Å². The zero-order valence-corrected chi connectivity index (χ0v) is 10.3. The highest BCUT2D eigenvalue weighted by Crippen LogP contribution is 2.29. The number of benzene rings is 1. The first-order valence-electron chi connectivity index (χ1n) is 5.77. The number of hydrogen-bond donors (Lipinski definition) is 1. The van der Waals surface area contributed by atoms with E-state index in [1.807, 2.05) is 0 Å². The Morgan fingerprint density at radius 1 is 1.50 bits per heavy atom. The summed E-state index contributed by atoms with van der Waals surface area (Å²) in [5, 5.41) is 9.65. The summed E-state index contributed by atoms with van der Waals surface area (Å²) in [4.78, 5) is 2.25. The van der Waals surface area contributed by atoms with Gasteiger partial charge in [0.05, 0.1) is 12.0 Å². The lowest BCUT2D eigenvalue weighted by molar-refractivity contribution is 0.201. The molecule has 0 spiro atoms. The second-order valence-electron chi connectivity index (χ2n) is 4.65. The maximum atomic E-state index is 9.65. The van der Waals surface area contributed by atoms with Crippen molar-refractivity contribution in [3.63, 3.8) is 0 Å². The van der Waals surface area contributed by atoms with E-state index in [-0.39, 0.29) is 0 Å². The molecule has 0 saturated carbocycles. The Morgan fingerprint density at radius 2 is 2.25 bits per heavy atom. The first kappa shape index (κ1) is 11.7. The van der Waals surface area contributed by atoms with Gasteiger partial charge in [-0.15, -0.1) is 11.6 Å². The van der Waals surface area contributed by atoms with E-state index in [1.54, 1.807) is 0 Å². The number of hydrogen-bond acceptors (Lipinski definition) is 2. The highest BCUT2D eigenvalue weighted by molar-refractivity contribution is 6.18. The summed E-state index contributed by atoms with van der Waals surface area (Å²) in [7, 11) is 0. The predicted molar refractivity (Wildman–Crippen MR) is 68.2 cm³/mol. The van der Waals surface area contributed by atoms with E-state index in [4.69, 9.17) is 11.6 Å². The quantitative estimate of drug-likeness (QED) is 0.819. The molecule has 0 amide bonds. The molecule has 2 unspecified atom stereocenters. The van der Waals surface area contributed by atoms with Crippen LogP contribution in [-0.2, 0) is 6.42 Å². The lowest BCUT2D eigenvalue weighted by Gasteiger charge is -2.35. The molecule has 2 nitrogen and oxygen atoms in total. The predicted octanol–water partition coefficient (Wildman–Crippen LogP) is 2.28. The van der Waals surface area contributed by atoms with Gasteiger partial charge in [0.25, 0.3) is 0 Å². The van der Waals surface area contributed by atoms with Gasteiger partial charge in [-0.05, 0) is 24.0 Å². The van der Waals surface area contributed by atoms with E-state index >= 15 is 0 Å². The van der Waals surface area contributed by atoms with Crippen LogP contribution in [-0.4, -0.2) is 30.2 Å². The largest absolute Gasteiger partial charge is 0.390 e. The third-order valence-corrected chi connectivity index (χ3v) is 3.40. The molecular formula is C13H18ClNO. The number of halogens is 1. The first-order chi connectivity index (χ1) is 7.70. The van der Waals surface area contributed by atoms with Gasteiger partial charge in [0.2, 0.25) is 0 Å². The fourth-order valence-electron chi connectivity index (χ4n) is 2.38. The number of para-hydroxylation sites is 1. The summed E-state index contributed by atoms with van der Waals surface area (Å²) in [6, 6.07) is 8.43. The minimum absolute atomic E-state index is 0.299. The third kappa shape index (κ3) is 2.50.